The third-order valence-corrected chi connectivity index (χ3v) is 2.91. The molecule has 1 aromatic heterocycles. The predicted molar refractivity (Wildman–Crippen MR) is 73.1 cm³/mol. The number of pyridine rings is 1. The molecule has 1 heterocycles. The fourth-order valence-corrected chi connectivity index (χ4v) is 1.85. The second-order valence-corrected chi connectivity index (χ2v) is 4.85. The summed E-state index contributed by atoms with van der Waals surface area (Å²) in [5, 5.41) is 2.89. The number of hydrogen-bond acceptors (Lipinski definition) is 3. The largest absolute Gasteiger partial charge is 0.355 e. The van der Waals surface area contributed by atoms with Crippen molar-refractivity contribution in [1.82, 2.24) is 10.3 Å². The van der Waals surface area contributed by atoms with Gasteiger partial charge in [-0.2, -0.15) is 0 Å². The van der Waals surface area contributed by atoms with Crippen LogP contribution in [0.4, 0.5) is 0 Å². The van der Waals surface area contributed by atoms with E-state index in [1.54, 1.807) is 13.1 Å². The molecule has 4 nitrogen and oxygen atoms in total. The van der Waals surface area contributed by atoms with Crippen LogP contribution in [-0.4, -0.2) is 23.0 Å². The van der Waals surface area contributed by atoms with Gasteiger partial charge in [-0.3, -0.25) is 9.78 Å². The lowest BCUT2D eigenvalue weighted by Gasteiger charge is -2.22. The fourth-order valence-electron chi connectivity index (χ4n) is 1.85. The van der Waals surface area contributed by atoms with Gasteiger partial charge in [-0.1, -0.05) is 19.4 Å². The molecule has 0 fully saturated rings. The van der Waals surface area contributed by atoms with Crippen molar-refractivity contribution in [2.24, 2.45) is 5.73 Å². The van der Waals surface area contributed by atoms with Crippen LogP contribution in [0, 0.1) is 0 Å². The standard InChI is InChI=1S/C14H23N3O/c1-3-9-14(2,15)13(18)17-11-6-8-12-7-4-5-10-16-12/h4-5,7,10H,3,6,8-9,11,15H2,1-2H3,(H,17,18). The molecular formula is C14H23N3O. The Balaban J connectivity index is 2.24. The number of nitrogens with one attached hydrogen (secondary N) is 1. The van der Waals surface area contributed by atoms with Gasteiger partial charge < -0.3 is 11.1 Å². The Labute approximate surface area is 109 Å². The summed E-state index contributed by atoms with van der Waals surface area (Å²) in [4.78, 5) is 16.1. The van der Waals surface area contributed by atoms with E-state index in [1.807, 2.05) is 25.1 Å². The minimum Gasteiger partial charge on any atom is -0.355 e. The maximum atomic E-state index is 11.8. The number of nitrogens with two attached hydrogens (primary N) is 1. The third kappa shape index (κ3) is 4.84. The number of carbonyl (C=O) groups excluding carboxylic acids is 1. The monoisotopic (exact) mass is 249 g/mol. The Morgan fingerprint density at radius 1 is 1.50 bits per heavy atom. The van der Waals surface area contributed by atoms with E-state index in [2.05, 4.69) is 10.3 Å². The molecule has 0 bridgehead atoms. The Hall–Kier alpha value is -1.42. The van der Waals surface area contributed by atoms with Crippen molar-refractivity contribution in [1.29, 1.82) is 0 Å². The highest BCUT2D eigenvalue weighted by Crippen LogP contribution is 2.08. The van der Waals surface area contributed by atoms with Crippen molar-refractivity contribution in [2.75, 3.05) is 6.54 Å². The van der Waals surface area contributed by atoms with Gasteiger partial charge in [0.1, 0.15) is 0 Å². The second kappa shape index (κ2) is 7.11. The van der Waals surface area contributed by atoms with Gasteiger partial charge in [0.25, 0.3) is 0 Å². The van der Waals surface area contributed by atoms with Crippen LogP contribution in [-0.2, 0) is 11.2 Å². The zero-order valence-electron chi connectivity index (χ0n) is 11.3. The predicted octanol–water partition coefficient (Wildman–Crippen LogP) is 1.65. The minimum absolute atomic E-state index is 0.0645. The molecule has 18 heavy (non-hydrogen) atoms. The molecular weight excluding hydrogens is 226 g/mol. The molecule has 0 aliphatic rings. The summed E-state index contributed by atoms with van der Waals surface area (Å²) in [6.07, 6.45) is 5.15. The van der Waals surface area contributed by atoms with Crippen molar-refractivity contribution in [2.45, 2.75) is 45.1 Å². The molecule has 0 spiro atoms. The van der Waals surface area contributed by atoms with Gasteiger partial charge in [0.05, 0.1) is 5.54 Å². The fraction of sp³-hybridized carbons (Fsp3) is 0.571. The van der Waals surface area contributed by atoms with Crippen molar-refractivity contribution < 1.29 is 4.79 Å². The molecule has 0 aliphatic carbocycles. The number of amides is 1. The van der Waals surface area contributed by atoms with Gasteiger partial charge in [0.2, 0.25) is 5.91 Å². The van der Waals surface area contributed by atoms with Crippen LogP contribution in [0.1, 0.15) is 38.8 Å². The van der Waals surface area contributed by atoms with E-state index >= 15 is 0 Å². The molecule has 4 heteroatoms. The lowest BCUT2D eigenvalue weighted by atomic mass is 9.96. The molecule has 1 aromatic rings. The summed E-state index contributed by atoms with van der Waals surface area (Å²) in [6.45, 7) is 4.45. The normalized spacial score (nSPS) is 13.9. The van der Waals surface area contributed by atoms with E-state index < -0.39 is 5.54 Å². The molecule has 0 saturated heterocycles. The third-order valence-electron chi connectivity index (χ3n) is 2.91. The quantitative estimate of drug-likeness (QED) is 0.722. The van der Waals surface area contributed by atoms with Gasteiger partial charge in [-0.05, 0) is 38.3 Å². The zero-order chi connectivity index (χ0) is 13.4. The Kier molecular flexibility index (Phi) is 5.78. The first-order valence-corrected chi connectivity index (χ1v) is 6.53. The highest BCUT2D eigenvalue weighted by molar-refractivity contribution is 5.85. The van der Waals surface area contributed by atoms with Crippen molar-refractivity contribution in [3.05, 3.63) is 30.1 Å². The first-order chi connectivity index (χ1) is 8.56. The van der Waals surface area contributed by atoms with Gasteiger partial charge >= 0.3 is 0 Å². The van der Waals surface area contributed by atoms with Gasteiger partial charge in [-0.25, -0.2) is 0 Å². The Morgan fingerprint density at radius 2 is 2.28 bits per heavy atom. The van der Waals surface area contributed by atoms with E-state index in [4.69, 9.17) is 5.73 Å². The van der Waals surface area contributed by atoms with E-state index in [1.165, 1.54) is 0 Å². The topological polar surface area (TPSA) is 68.0 Å². The molecule has 0 saturated carbocycles. The number of aryl methyl sites for hydroxylation is 1. The summed E-state index contributed by atoms with van der Waals surface area (Å²) in [7, 11) is 0. The van der Waals surface area contributed by atoms with Gasteiger partial charge in [0, 0.05) is 18.4 Å². The molecule has 0 aliphatic heterocycles. The Bertz CT molecular complexity index is 363. The number of rotatable bonds is 7. The second-order valence-electron chi connectivity index (χ2n) is 4.85. The number of hydrogen-bond donors (Lipinski definition) is 2. The average molecular weight is 249 g/mol. The number of carbonyl (C=O) groups is 1. The van der Waals surface area contributed by atoms with Crippen LogP contribution in [0.3, 0.4) is 0 Å². The van der Waals surface area contributed by atoms with Crippen molar-refractivity contribution in [3.63, 3.8) is 0 Å². The smallest absolute Gasteiger partial charge is 0.239 e. The highest BCUT2D eigenvalue weighted by Gasteiger charge is 2.26. The summed E-state index contributed by atoms with van der Waals surface area (Å²) >= 11 is 0. The molecule has 1 amide bonds. The molecule has 100 valence electrons. The maximum absolute atomic E-state index is 11.8. The molecule has 3 N–H and O–H groups in total. The van der Waals surface area contributed by atoms with Crippen LogP contribution >= 0.6 is 0 Å². The average Bonchev–Trinajstić information content (AvgIpc) is 2.35. The molecule has 1 rings (SSSR count). The summed E-state index contributed by atoms with van der Waals surface area (Å²) in [5.74, 6) is -0.0645. The molecule has 1 unspecified atom stereocenters. The summed E-state index contributed by atoms with van der Waals surface area (Å²) in [5.41, 5.74) is 6.24. The summed E-state index contributed by atoms with van der Waals surface area (Å²) < 4.78 is 0. The minimum atomic E-state index is -0.750. The van der Waals surface area contributed by atoms with Crippen molar-refractivity contribution >= 4 is 5.91 Å². The molecule has 0 radical (unpaired) electrons. The first-order valence-electron chi connectivity index (χ1n) is 6.53. The number of nitrogens with zero attached hydrogens (tertiary/aromatic N) is 1. The van der Waals surface area contributed by atoms with Crippen LogP contribution in [0.15, 0.2) is 24.4 Å². The first kappa shape index (κ1) is 14.6. The Morgan fingerprint density at radius 3 is 2.89 bits per heavy atom. The van der Waals surface area contributed by atoms with E-state index in [0.717, 1.165) is 25.0 Å². The van der Waals surface area contributed by atoms with E-state index in [0.29, 0.717) is 13.0 Å². The molecule has 0 aromatic carbocycles. The van der Waals surface area contributed by atoms with E-state index in [9.17, 15) is 4.79 Å². The van der Waals surface area contributed by atoms with Crippen LogP contribution in [0.25, 0.3) is 0 Å². The van der Waals surface area contributed by atoms with Crippen molar-refractivity contribution in [3.8, 4) is 0 Å². The van der Waals surface area contributed by atoms with Gasteiger partial charge in [0.15, 0.2) is 0 Å². The maximum Gasteiger partial charge on any atom is 0.239 e. The van der Waals surface area contributed by atoms with Crippen LogP contribution < -0.4 is 11.1 Å². The highest BCUT2D eigenvalue weighted by atomic mass is 16.2. The SMILES string of the molecule is CCCC(C)(N)C(=O)NCCCc1ccccn1. The van der Waals surface area contributed by atoms with Crippen LogP contribution in [0.2, 0.25) is 0 Å². The van der Waals surface area contributed by atoms with Crippen LogP contribution in [0.5, 0.6) is 0 Å². The lowest BCUT2D eigenvalue weighted by Crippen LogP contribution is -2.51. The summed E-state index contributed by atoms with van der Waals surface area (Å²) in [6, 6.07) is 5.86. The number of aromatic nitrogens is 1. The zero-order valence-corrected chi connectivity index (χ0v) is 11.3. The van der Waals surface area contributed by atoms with Gasteiger partial charge in [-0.15, -0.1) is 0 Å². The molecule has 1 atom stereocenters. The van der Waals surface area contributed by atoms with E-state index in [-0.39, 0.29) is 5.91 Å². The lowest BCUT2D eigenvalue weighted by molar-refractivity contribution is -0.126.